The van der Waals surface area contributed by atoms with E-state index < -0.39 is 0 Å². The Morgan fingerprint density at radius 2 is 1.75 bits per heavy atom. The lowest BCUT2D eigenvalue weighted by Crippen LogP contribution is -2.05. The molecule has 3 aromatic carbocycles. The molecule has 2 aromatic heterocycles. The van der Waals surface area contributed by atoms with Gasteiger partial charge in [-0.05, 0) is 54.4 Å². The summed E-state index contributed by atoms with van der Waals surface area (Å²) < 4.78 is 13.1. The van der Waals surface area contributed by atoms with Crippen LogP contribution in [0, 0.1) is 11.8 Å². The van der Waals surface area contributed by atoms with E-state index in [4.69, 9.17) is 26.5 Å². The average Bonchev–Trinajstić information content (AvgIpc) is 3.39. The van der Waals surface area contributed by atoms with Crippen LogP contribution in [-0.2, 0) is 6.54 Å². The minimum Gasteiger partial charge on any atom is -0.465 e. The van der Waals surface area contributed by atoms with E-state index in [0.717, 1.165) is 38.9 Å². The maximum absolute atomic E-state index is 5.83. The van der Waals surface area contributed by atoms with Crippen LogP contribution in [0.4, 0.5) is 0 Å². The van der Waals surface area contributed by atoms with Crippen LogP contribution in [-0.4, -0.2) is 26.3 Å². The number of imidazole rings is 1. The minimum absolute atomic E-state index is 0.193. The highest BCUT2D eigenvalue weighted by Gasteiger charge is 2.14. The molecule has 0 amide bonds. The van der Waals surface area contributed by atoms with Crippen molar-refractivity contribution in [1.29, 1.82) is 0 Å². The van der Waals surface area contributed by atoms with Crippen LogP contribution < -0.4 is 4.74 Å². The number of rotatable bonds is 6. The molecular formula is C25H22N4O2S. The number of aromatic nitrogens is 4. The molecule has 2 heterocycles. The number of para-hydroxylation sites is 1. The van der Waals surface area contributed by atoms with Crippen molar-refractivity contribution in [1.82, 2.24) is 19.7 Å². The maximum atomic E-state index is 5.83. The summed E-state index contributed by atoms with van der Waals surface area (Å²) in [5.74, 6) is 0.622. The number of aryl methyl sites for hydroxylation is 1. The van der Waals surface area contributed by atoms with E-state index in [1.54, 1.807) is 0 Å². The van der Waals surface area contributed by atoms with Crippen molar-refractivity contribution in [2.75, 3.05) is 6.61 Å². The second-order valence-electron chi connectivity index (χ2n) is 7.53. The van der Waals surface area contributed by atoms with Gasteiger partial charge in [0.15, 0.2) is 5.82 Å². The summed E-state index contributed by atoms with van der Waals surface area (Å²) in [6, 6.07) is 23.4. The van der Waals surface area contributed by atoms with Gasteiger partial charge < -0.3 is 9.26 Å². The predicted molar refractivity (Wildman–Crippen MR) is 127 cm³/mol. The van der Waals surface area contributed by atoms with Gasteiger partial charge in [-0.2, -0.15) is 9.97 Å². The summed E-state index contributed by atoms with van der Waals surface area (Å²) in [6.45, 7) is 5.30. The van der Waals surface area contributed by atoms with Crippen LogP contribution in [0.2, 0.25) is 0 Å². The highest BCUT2D eigenvalue weighted by atomic mass is 32.1. The summed E-state index contributed by atoms with van der Waals surface area (Å²) >= 11 is 5.01. The van der Waals surface area contributed by atoms with Crippen molar-refractivity contribution in [3.63, 3.8) is 0 Å². The summed E-state index contributed by atoms with van der Waals surface area (Å²) in [5.41, 5.74) is 7.43. The quantitative estimate of drug-likeness (QED) is 0.318. The molecule has 0 radical (unpaired) electrons. The molecule has 6 nitrogen and oxygen atoms in total. The van der Waals surface area contributed by atoms with Crippen LogP contribution in [0.1, 0.15) is 18.1 Å². The fraction of sp³-hybridized carbons (Fsp3) is 0.160. The van der Waals surface area contributed by atoms with E-state index in [0.29, 0.717) is 25.0 Å². The number of hydrogen-bond acceptors (Lipinski definition) is 5. The fourth-order valence-corrected chi connectivity index (χ4v) is 4.05. The zero-order chi connectivity index (χ0) is 22.1. The Bertz CT molecular complexity index is 1450. The van der Waals surface area contributed by atoms with Crippen LogP contribution in [0.5, 0.6) is 6.01 Å². The second kappa shape index (κ2) is 8.43. The zero-order valence-corrected chi connectivity index (χ0v) is 18.6. The molecule has 0 spiro atoms. The van der Waals surface area contributed by atoms with Gasteiger partial charge in [-0.1, -0.05) is 60.7 Å². The number of fused-ring (bicyclic) bond motifs is 1. The first-order valence-electron chi connectivity index (χ1n) is 10.5. The van der Waals surface area contributed by atoms with Gasteiger partial charge in [0.05, 0.1) is 24.2 Å². The molecule has 5 aromatic rings. The molecule has 5 rings (SSSR count). The third kappa shape index (κ3) is 3.71. The molecule has 0 aliphatic carbocycles. The molecule has 0 aliphatic heterocycles. The molecule has 0 aliphatic rings. The molecule has 1 N–H and O–H groups in total. The van der Waals surface area contributed by atoms with E-state index in [-0.39, 0.29) is 4.84 Å². The Kier molecular flexibility index (Phi) is 5.33. The number of aromatic amines is 1. The van der Waals surface area contributed by atoms with Crippen LogP contribution in [0.25, 0.3) is 33.5 Å². The van der Waals surface area contributed by atoms with Crippen molar-refractivity contribution in [3.8, 4) is 28.5 Å². The monoisotopic (exact) mass is 442 g/mol. The topological polar surface area (TPSA) is 68.9 Å². The molecule has 0 fully saturated rings. The van der Waals surface area contributed by atoms with Gasteiger partial charge in [0.2, 0.25) is 0 Å². The van der Waals surface area contributed by atoms with Crippen LogP contribution in [0.15, 0.2) is 71.3 Å². The number of nitrogens with one attached hydrogen (secondary N) is 1. The number of H-pyrrole nitrogens is 1. The normalized spacial score (nSPS) is 11.2. The molecule has 0 bridgehead atoms. The number of ether oxygens (including phenoxy) is 1. The molecule has 0 unspecified atom stereocenters. The van der Waals surface area contributed by atoms with Crippen molar-refractivity contribution in [2.45, 2.75) is 20.4 Å². The summed E-state index contributed by atoms with van der Waals surface area (Å²) in [6.07, 6.45) is 0. The highest BCUT2D eigenvalue weighted by Crippen LogP contribution is 2.31. The number of hydrogen-bond donors (Lipinski definition) is 1. The summed E-state index contributed by atoms with van der Waals surface area (Å²) in [5, 5.41) is 2.80. The predicted octanol–water partition coefficient (Wildman–Crippen LogP) is 6.17. The molecule has 160 valence electrons. The standard InChI is InChI=1S/C25H22N4O2S/c1-3-30-24-26-22-16(2)7-6-10-21(22)29(24)15-17-11-13-18(14-12-17)19-8-4-5-9-20(19)23-27-25(32)31-28-23/h4-14H,3,15H2,1-2H3,(H,27,28,32). The summed E-state index contributed by atoms with van der Waals surface area (Å²) in [7, 11) is 0. The Hall–Kier alpha value is -3.71. The lowest BCUT2D eigenvalue weighted by molar-refractivity contribution is 0.301. The van der Waals surface area contributed by atoms with E-state index in [9.17, 15) is 0 Å². The largest absolute Gasteiger partial charge is 0.465 e. The van der Waals surface area contributed by atoms with E-state index in [1.165, 1.54) is 0 Å². The zero-order valence-electron chi connectivity index (χ0n) is 17.8. The van der Waals surface area contributed by atoms with Gasteiger partial charge >= 0.3 is 4.84 Å². The average molecular weight is 443 g/mol. The maximum Gasteiger partial charge on any atom is 0.314 e. The summed E-state index contributed by atoms with van der Waals surface area (Å²) in [4.78, 5) is 9.18. The van der Waals surface area contributed by atoms with Crippen molar-refractivity contribution < 1.29 is 9.26 Å². The minimum atomic E-state index is 0.193. The molecule has 32 heavy (non-hydrogen) atoms. The molecular weight excluding hydrogens is 420 g/mol. The number of benzene rings is 3. The third-order valence-electron chi connectivity index (χ3n) is 5.44. The molecule has 0 atom stereocenters. The highest BCUT2D eigenvalue weighted by molar-refractivity contribution is 7.71. The van der Waals surface area contributed by atoms with Crippen molar-refractivity contribution in [3.05, 3.63) is 82.7 Å². The molecule has 0 saturated carbocycles. The lowest BCUT2D eigenvalue weighted by atomic mass is 9.98. The van der Waals surface area contributed by atoms with Gasteiger partial charge in [0.25, 0.3) is 6.01 Å². The van der Waals surface area contributed by atoms with Gasteiger partial charge in [0, 0.05) is 5.56 Å². The van der Waals surface area contributed by atoms with E-state index in [2.05, 4.69) is 70.2 Å². The van der Waals surface area contributed by atoms with Crippen molar-refractivity contribution >= 4 is 23.3 Å². The Balaban J connectivity index is 1.49. The molecule has 0 saturated heterocycles. The van der Waals surface area contributed by atoms with E-state index >= 15 is 0 Å². The Morgan fingerprint density at radius 3 is 2.47 bits per heavy atom. The SMILES string of the molecule is CCOc1nc2c(C)cccc2n1Cc1ccc(-c2ccccc2-c2nc(=S)o[nH]2)cc1. The third-order valence-corrected chi connectivity index (χ3v) is 5.62. The Labute approximate surface area is 190 Å². The number of nitrogens with zero attached hydrogens (tertiary/aromatic N) is 3. The first-order valence-corrected chi connectivity index (χ1v) is 10.9. The van der Waals surface area contributed by atoms with Crippen LogP contribution >= 0.6 is 12.2 Å². The molecule has 7 heteroatoms. The second-order valence-corrected chi connectivity index (χ2v) is 7.88. The van der Waals surface area contributed by atoms with E-state index in [1.807, 2.05) is 25.1 Å². The van der Waals surface area contributed by atoms with Gasteiger partial charge in [-0.15, -0.1) is 0 Å². The van der Waals surface area contributed by atoms with Gasteiger partial charge in [-0.3, -0.25) is 4.57 Å². The first-order chi connectivity index (χ1) is 15.6. The van der Waals surface area contributed by atoms with Gasteiger partial charge in [-0.25, -0.2) is 5.16 Å². The Morgan fingerprint density at radius 1 is 0.969 bits per heavy atom. The fourth-order valence-electron chi connectivity index (χ4n) is 3.92. The van der Waals surface area contributed by atoms with Gasteiger partial charge in [0.1, 0.15) is 0 Å². The van der Waals surface area contributed by atoms with Crippen LogP contribution in [0.3, 0.4) is 0 Å². The van der Waals surface area contributed by atoms with Crippen molar-refractivity contribution in [2.24, 2.45) is 0 Å². The smallest absolute Gasteiger partial charge is 0.314 e. The first kappa shape index (κ1) is 20.2. The lowest BCUT2D eigenvalue weighted by Gasteiger charge is -2.11.